The van der Waals surface area contributed by atoms with Crippen molar-refractivity contribution in [3.8, 4) is 11.3 Å². The van der Waals surface area contributed by atoms with Gasteiger partial charge in [0.15, 0.2) is 5.13 Å². The lowest BCUT2D eigenvalue weighted by atomic mass is 9.92. The first kappa shape index (κ1) is 12.2. The molecule has 0 fully saturated rings. The van der Waals surface area contributed by atoms with E-state index in [-0.39, 0.29) is 11.8 Å². The van der Waals surface area contributed by atoms with Crippen LogP contribution in [0.5, 0.6) is 0 Å². The molecule has 1 aromatic carbocycles. The lowest BCUT2D eigenvalue weighted by molar-refractivity contribution is -0.116. The Hall–Kier alpha value is -1.88. The minimum atomic E-state index is -0.107. The summed E-state index contributed by atoms with van der Waals surface area (Å²) >= 11 is 1.43. The summed E-state index contributed by atoms with van der Waals surface area (Å²) in [6.45, 7) is 6.01. The van der Waals surface area contributed by atoms with E-state index in [1.54, 1.807) is 0 Å². The van der Waals surface area contributed by atoms with E-state index in [0.717, 1.165) is 33.6 Å². The molecule has 0 radical (unpaired) electrons. The van der Waals surface area contributed by atoms with Crippen LogP contribution in [0.4, 0.5) is 10.8 Å². The number of carbonyl (C=O) groups is 1. The Bertz CT molecular complexity index is 690. The second kappa shape index (κ2) is 4.06. The Morgan fingerprint density at radius 1 is 1.37 bits per heavy atom. The van der Waals surface area contributed by atoms with Gasteiger partial charge < -0.3 is 11.1 Å². The summed E-state index contributed by atoms with van der Waals surface area (Å²) in [5.41, 5.74) is 11.9. The third-order valence-corrected chi connectivity index (χ3v) is 4.51. The third-order valence-electron chi connectivity index (χ3n) is 3.84. The molecule has 1 aromatic heterocycles. The normalized spacial score (nSPS) is 17.4. The first-order chi connectivity index (χ1) is 8.99. The summed E-state index contributed by atoms with van der Waals surface area (Å²) < 4.78 is 0. The van der Waals surface area contributed by atoms with Gasteiger partial charge in [-0.1, -0.05) is 0 Å². The van der Waals surface area contributed by atoms with Crippen molar-refractivity contribution in [2.45, 2.75) is 26.7 Å². The zero-order valence-electron chi connectivity index (χ0n) is 11.1. The van der Waals surface area contributed by atoms with Crippen LogP contribution >= 0.6 is 11.3 Å². The average Bonchev–Trinajstić information content (AvgIpc) is 2.91. The van der Waals surface area contributed by atoms with Gasteiger partial charge >= 0.3 is 0 Å². The van der Waals surface area contributed by atoms with Crippen molar-refractivity contribution in [3.05, 3.63) is 28.1 Å². The predicted octanol–water partition coefficient (Wildman–Crippen LogP) is 3.06. The molecule has 0 saturated heterocycles. The fraction of sp³-hybridized carbons (Fsp3) is 0.286. The number of anilines is 2. The molecule has 3 rings (SSSR count). The second-order valence-electron chi connectivity index (χ2n) is 4.92. The van der Waals surface area contributed by atoms with Gasteiger partial charge in [-0.2, -0.15) is 0 Å². The molecule has 0 spiro atoms. The monoisotopic (exact) mass is 273 g/mol. The van der Waals surface area contributed by atoms with Crippen molar-refractivity contribution in [2.75, 3.05) is 11.1 Å². The number of fused-ring (bicyclic) bond motifs is 1. The molecular formula is C14H15N3OS. The maximum absolute atomic E-state index is 11.8. The Kier molecular flexibility index (Phi) is 2.60. The van der Waals surface area contributed by atoms with Gasteiger partial charge in [-0.15, -0.1) is 11.3 Å². The van der Waals surface area contributed by atoms with E-state index in [1.165, 1.54) is 11.3 Å². The van der Waals surface area contributed by atoms with Crippen molar-refractivity contribution in [1.29, 1.82) is 0 Å². The van der Waals surface area contributed by atoms with Gasteiger partial charge in [-0.3, -0.25) is 4.79 Å². The van der Waals surface area contributed by atoms with E-state index in [4.69, 9.17) is 5.73 Å². The van der Waals surface area contributed by atoms with Crippen LogP contribution in [0.25, 0.3) is 11.3 Å². The molecule has 0 bridgehead atoms. The van der Waals surface area contributed by atoms with E-state index in [0.29, 0.717) is 5.13 Å². The first-order valence-electron chi connectivity index (χ1n) is 6.15. The van der Waals surface area contributed by atoms with Gasteiger partial charge in [0.05, 0.1) is 11.6 Å². The largest absolute Gasteiger partial charge is 0.375 e. The number of aromatic nitrogens is 1. The fourth-order valence-electron chi connectivity index (χ4n) is 2.50. The van der Waals surface area contributed by atoms with Crippen LogP contribution in [0, 0.1) is 13.8 Å². The van der Waals surface area contributed by atoms with Crippen LogP contribution < -0.4 is 11.1 Å². The number of amides is 1. The fourth-order valence-corrected chi connectivity index (χ4v) is 3.06. The summed E-state index contributed by atoms with van der Waals surface area (Å²) in [7, 11) is 0. The molecule has 5 heteroatoms. The molecule has 0 saturated carbocycles. The van der Waals surface area contributed by atoms with Crippen LogP contribution in [0.2, 0.25) is 0 Å². The Balaban J connectivity index is 2.24. The summed E-state index contributed by atoms with van der Waals surface area (Å²) in [6.07, 6.45) is 0. The number of thiazole rings is 1. The Morgan fingerprint density at radius 2 is 2.11 bits per heavy atom. The number of nitrogens with two attached hydrogens (primary N) is 1. The highest BCUT2D eigenvalue weighted by Crippen LogP contribution is 2.40. The smallest absolute Gasteiger partial charge is 0.231 e. The molecule has 1 unspecified atom stereocenters. The van der Waals surface area contributed by atoms with E-state index in [9.17, 15) is 4.79 Å². The highest BCUT2D eigenvalue weighted by Gasteiger charge is 2.29. The first-order valence-corrected chi connectivity index (χ1v) is 7.03. The van der Waals surface area contributed by atoms with Crippen molar-refractivity contribution in [2.24, 2.45) is 0 Å². The number of benzene rings is 1. The Morgan fingerprint density at radius 3 is 2.74 bits per heavy atom. The number of hydrogen-bond acceptors (Lipinski definition) is 4. The SMILES string of the molecule is Cc1c(-c2csc(N)n2)cc2c(c1C)NC(=O)C2C. The van der Waals surface area contributed by atoms with Crippen LogP contribution in [0.1, 0.15) is 29.5 Å². The molecule has 98 valence electrons. The van der Waals surface area contributed by atoms with Crippen LogP contribution in [0.3, 0.4) is 0 Å². The summed E-state index contributed by atoms with van der Waals surface area (Å²) in [6, 6.07) is 2.06. The number of carbonyl (C=O) groups excluding carboxylic acids is 1. The highest BCUT2D eigenvalue weighted by atomic mass is 32.1. The lowest BCUT2D eigenvalue weighted by Gasteiger charge is -2.12. The lowest BCUT2D eigenvalue weighted by Crippen LogP contribution is -2.08. The van der Waals surface area contributed by atoms with E-state index in [2.05, 4.69) is 23.3 Å². The molecular weight excluding hydrogens is 258 g/mol. The summed E-state index contributed by atoms with van der Waals surface area (Å²) in [5, 5.41) is 5.48. The van der Waals surface area contributed by atoms with Crippen molar-refractivity contribution < 1.29 is 4.79 Å². The van der Waals surface area contributed by atoms with Crippen LogP contribution in [0.15, 0.2) is 11.4 Å². The Labute approximate surface area is 115 Å². The molecule has 19 heavy (non-hydrogen) atoms. The van der Waals surface area contributed by atoms with Gasteiger partial charge in [-0.05, 0) is 43.5 Å². The summed E-state index contributed by atoms with van der Waals surface area (Å²) in [5.74, 6) is -0.0449. The summed E-state index contributed by atoms with van der Waals surface area (Å²) in [4.78, 5) is 16.1. The van der Waals surface area contributed by atoms with E-state index in [1.807, 2.05) is 19.2 Å². The number of nitrogens with zero attached hydrogens (tertiary/aromatic N) is 1. The molecule has 1 atom stereocenters. The predicted molar refractivity (Wildman–Crippen MR) is 78.5 cm³/mol. The van der Waals surface area contributed by atoms with Gasteiger partial charge in [0.1, 0.15) is 0 Å². The third kappa shape index (κ3) is 1.73. The van der Waals surface area contributed by atoms with Gasteiger partial charge in [-0.25, -0.2) is 4.98 Å². The topological polar surface area (TPSA) is 68.0 Å². The van der Waals surface area contributed by atoms with Crippen LogP contribution in [-0.4, -0.2) is 10.9 Å². The molecule has 1 aliphatic rings. The zero-order chi connectivity index (χ0) is 13.7. The number of nitrogen functional groups attached to an aromatic ring is 1. The minimum Gasteiger partial charge on any atom is -0.375 e. The van der Waals surface area contributed by atoms with Gasteiger partial charge in [0.2, 0.25) is 5.91 Å². The highest BCUT2D eigenvalue weighted by molar-refractivity contribution is 7.13. The molecule has 3 N–H and O–H groups in total. The van der Waals surface area contributed by atoms with Crippen molar-refractivity contribution in [3.63, 3.8) is 0 Å². The number of nitrogens with one attached hydrogen (secondary N) is 1. The van der Waals surface area contributed by atoms with E-state index >= 15 is 0 Å². The zero-order valence-corrected chi connectivity index (χ0v) is 11.9. The second-order valence-corrected chi connectivity index (χ2v) is 5.81. The van der Waals surface area contributed by atoms with E-state index < -0.39 is 0 Å². The van der Waals surface area contributed by atoms with Gasteiger partial charge in [0, 0.05) is 16.6 Å². The quantitative estimate of drug-likeness (QED) is 0.839. The maximum atomic E-state index is 11.8. The van der Waals surface area contributed by atoms with Crippen molar-refractivity contribution >= 4 is 28.1 Å². The standard InChI is InChI=1S/C14H15N3OS/c1-6-7(2)12-10(8(3)13(18)17-12)4-9(6)11-5-19-14(15)16-11/h4-5,8H,1-3H3,(H2,15,16)(H,17,18). The van der Waals surface area contributed by atoms with Gasteiger partial charge in [0.25, 0.3) is 0 Å². The average molecular weight is 273 g/mol. The van der Waals surface area contributed by atoms with Crippen LogP contribution in [-0.2, 0) is 4.79 Å². The molecule has 0 aliphatic carbocycles. The molecule has 1 amide bonds. The molecule has 1 aliphatic heterocycles. The number of rotatable bonds is 1. The maximum Gasteiger partial charge on any atom is 0.231 e. The molecule has 4 nitrogen and oxygen atoms in total. The molecule has 2 aromatic rings. The molecule has 2 heterocycles. The number of hydrogen-bond donors (Lipinski definition) is 2. The minimum absolute atomic E-state index is 0.0624. The van der Waals surface area contributed by atoms with Crippen molar-refractivity contribution in [1.82, 2.24) is 4.98 Å².